The number of hydrogen-bond donors (Lipinski definition) is 1. The molecule has 0 aromatic heterocycles. The Morgan fingerprint density at radius 2 is 1.68 bits per heavy atom. The van der Waals surface area contributed by atoms with Crippen molar-refractivity contribution in [1.29, 1.82) is 0 Å². The van der Waals surface area contributed by atoms with Crippen molar-refractivity contribution in [3.05, 3.63) is 54.1 Å². The Morgan fingerprint density at radius 3 is 2.20 bits per heavy atom. The van der Waals surface area contributed by atoms with Gasteiger partial charge < -0.3 is 15.0 Å². The molecule has 2 aromatic carbocycles. The van der Waals surface area contributed by atoms with Crippen LogP contribution >= 0.6 is 0 Å². The predicted octanol–water partition coefficient (Wildman–Crippen LogP) is 3.77. The van der Waals surface area contributed by atoms with Gasteiger partial charge in [-0.05, 0) is 49.7 Å². The van der Waals surface area contributed by atoms with Gasteiger partial charge >= 0.3 is 0 Å². The van der Waals surface area contributed by atoms with Crippen molar-refractivity contribution in [2.24, 2.45) is 0 Å². The van der Waals surface area contributed by atoms with E-state index in [1.54, 1.807) is 36.2 Å². The topological polar surface area (TPSA) is 58.6 Å². The molecule has 0 radical (unpaired) electrons. The second-order valence-corrected chi connectivity index (χ2v) is 5.94. The second kappa shape index (κ2) is 8.33. The molecule has 0 saturated carbocycles. The molecular weight excluding hydrogens is 316 g/mol. The minimum atomic E-state index is -0.567. The van der Waals surface area contributed by atoms with Crippen LogP contribution in [0.3, 0.4) is 0 Å². The highest BCUT2D eigenvalue weighted by molar-refractivity contribution is 5.95. The Kier molecular flexibility index (Phi) is 6.17. The first-order valence-corrected chi connectivity index (χ1v) is 8.29. The van der Waals surface area contributed by atoms with Crippen LogP contribution < -0.4 is 15.0 Å². The fraction of sp³-hybridized carbons (Fsp3) is 0.300. The molecule has 2 rings (SSSR count). The third kappa shape index (κ3) is 5.08. The van der Waals surface area contributed by atoms with Gasteiger partial charge in [0, 0.05) is 25.3 Å². The molecule has 0 aliphatic heterocycles. The summed E-state index contributed by atoms with van der Waals surface area (Å²) in [7, 11) is 1.71. The zero-order valence-corrected chi connectivity index (χ0v) is 15.1. The summed E-state index contributed by atoms with van der Waals surface area (Å²) < 4.78 is 5.78. The third-order valence-corrected chi connectivity index (χ3v) is 3.96. The van der Waals surface area contributed by atoms with Crippen molar-refractivity contribution in [2.75, 3.05) is 17.3 Å². The van der Waals surface area contributed by atoms with Crippen molar-refractivity contribution < 1.29 is 14.3 Å². The summed E-state index contributed by atoms with van der Waals surface area (Å²) in [4.78, 5) is 25.4. The average molecular weight is 340 g/mol. The highest BCUT2D eigenvalue weighted by Crippen LogP contribution is 2.19. The number of carbonyl (C=O) groups excluding carboxylic acids is 2. The average Bonchev–Trinajstić information content (AvgIpc) is 2.61. The molecule has 0 saturated heterocycles. The first-order valence-electron chi connectivity index (χ1n) is 8.29. The van der Waals surface area contributed by atoms with Crippen LogP contribution in [-0.2, 0) is 9.59 Å². The van der Waals surface area contributed by atoms with Crippen LogP contribution in [0.25, 0.3) is 0 Å². The second-order valence-electron chi connectivity index (χ2n) is 5.94. The van der Waals surface area contributed by atoms with Gasteiger partial charge in [-0.25, -0.2) is 0 Å². The van der Waals surface area contributed by atoms with Gasteiger partial charge in [-0.1, -0.05) is 24.6 Å². The molecule has 0 bridgehead atoms. The maximum atomic E-state index is 12.4. The fourth-order valence-corrected chi connectivity index (χ4v) is 2.28. The molecule has 0 fully saturated rings. The number of hydrogen-bond acceptors (Lipinski definition) is 3. The molecule has 132 valence electrons. The SMILES string of the molecule is CCC(Oc1ccc(C)cc1)C(=O)Nc1ccc(N(C)C(C)=O)cc1. The molecule has 5 heteroatoms. The van der Waals surface area contributed by atoms with Crippen molar-refractivity contribution in [3.63, 3.8) is 0 Å². The van der Waals surface area contributed by atoms with Crippen molar-refractivity contribution in [2.45, 2.75) is 33.3 Å². The largest absolute Gasteiger partial charge is 0.481 e. The lowest BCUT2D eigenvalue weighted by atomic mass is 10.2. The van der Waals surface area contributed by atoms with Gasteiger partial charge in [0.2, 0.25) is 5.91 Å². The number of benzene rings is 2. The molecule has 1 N–H and O–H groups in total. The molecule has 0 spiro atoms. The molecular formula is C20H24N2O3. The minimum absolute atomic E-state index is 0.0469. The summed E-state index contributed by atoms with van der Waals surface area (Å²) in [5.41, 5.74) is 2.57. The van der Waals surface area contributed by atoms with E-state index >= 15 is 0 Å². The molecule has 25 heavy (non-hydrogen) atoms. The number of anilines is 2. The lowest BCUT2D eigenvalue weighted by Gasteiger charge is -2.18. The number of carbonyl (C=O) groups is 2. The van der Waals surface area contributed by atoms with Crippen LogP contribution in [0.2, 0.25) is 0 Å². The van der Waals surface area contributed by atoms with Crippen LogP contribution in [-0.4, -0.2) is 25.0 Å². The molecule has 0 heterocycles. The van der Waals surface area contributed by atoms with Gasteiger partial charge in [0.05, 0.1) is 0 Å². The van der Waals surface area contributed by atoms with Crippen LogP contribution in [0, 0.1) is 6.92 Å². The van der Waals surface area contributed by atoms with E-state index in [1.165, 1.54) is 6.92 Å². The zero-order chi connectivity index (χ0) is 18.4. The van der Waals surface area contributed by atoms with E-state index in [2.05, 4.69) is 5.32 Å². The normalized spacial score (nSPS) is 11.5. The summed E-state index contributed by atoms with van der Waals surface area (Å²) in [6, 6.07) is 14.7. The van der Waals surface area contributed by atoms with Crippen LogP contribution in [0.1, 0.15) is 25.8 Å². The first-order chi connectivity index (χ1) is 11.9. The molecule has 0 aliphatic rings. The van der Waals surface area contributed by atoms with Gasteiger partial charge in [-0.2, -0.15) is 0 Å². The van der Waals surface area contributed by atoms with Gasteiger partial charge in [-0.3, -0.25) is 9.59 Å². The van der Waals surface area contributed by atoms with E-state index < -0.39 is 6.10 Å². The van der Waals surface area contributed by atoms with E-state index in [1.807, 2.05) is 38.1 Å². The highest BCUT2D eigenvalue weighted by atomic mass is 16.5. The van der Waals surface area contributed by atoms with E-state index in [4.69, 9.17) is 4.74 Å². The molecule has 1 unspecified atom stereocenters. The maximum absolute atomic E-state index is 12.4. The standard InChI is InChI=1S/C20H24N2O3/c1-5-19(25-18-12-6-14(2)7-13-18)20(24)21-16-8-10-17(11-9-16)22(4)15(3)23/h6-13,19H,5H2,1-4H3,(H,21,24). The molecule has 1 atom stereocenters. The quantitative estimate of drug-likeness (QED) is 0.871. The van der Waals surface area contributed by atoms with E-state index in [-0.39, 0.29) is 11.8 Å². The van der Waals surface area contributed by atoms with Gasteiger partial charge in [0.15, 0.2) is 6.10 Å². The number of aryl methyl sites for hydroxylation is 1. The monoisotopic (exact) mass is 340 g/mol. The summed E-state index contributed by atoms with van der Waals surface area (Å²) in [6.45, 7) is 5.41. The highest BCUT2D eigenvalue weighted by Gasteiger charge is 2.18. The number of ether oxygens (including phenoxy) is 1. The van der Waals surface area contributed by atoms with Gasteiger partial charge in [0.1, 0.15) is 5.75 Å². The van der Waals surface area contributed by atoms with Crippen molar-refractivity contribution in [3.8, 4) is 5.75 Å². The first kappa shape index (κ1) is 18.5. The number of amides is 2. The van der Waals surface area contributed by atoms with E-state index in [0.29, 0.717) is 17.9 Å². The maximum Gasteiger partial charge on any atom is 0.265 e. The Hall–Kier alpha value is -2.82. The van der Waals surface area contributed by atoms with Crippen LogP contribution in [0.15, 0.2) is 48.5 Å². The summed E-state index contributed by atoms with van der Waals surface area (Å²) in [5, 5.41) is 2.85. The van der Waals surface area contributed by atoms with Crippen molar-refractivity contribution >= 4 is 23.2 Å². The van der Waals surface area contributed by atoms with E-state index in [0.717, 1.165) is 11.3 Å². The van der Waals surface area contributed by atoms with Crippen molar-refractivity contribution in [1.82, 2.24) is 0 Å². The Bertz CT molecular complexity index is 724. The molecule has 2 aromatic rings. The smallest absolute Gasteiger partial charge is 0.265 e. The Labute approximate surface area is 148 Å². The van der Waals surface area contributed by atoms with Gasteiger partial charge in [0.25, 0.3) is 5.91 Å². The number of nitrogens with one attached hydrogen (secondary N) is 1. The molecule has 0 aliphatic carbocycles. The molecule has 5 nitrogen and oxygen atoms in total. The lowest BCUT2D eigenvalue weighted by molar-refractivity contribution is -0.122. The Morgan fingerprint density at radius 1 is 1.08 bits per heavy atom. The minimum Gasteiger partial charge on any atom is -0.481 e. The summed E-state index contributed by atoms with van der Waals surface area (Å²) in [5.74, 6) is 0.427. The molecule has 2 amide bonds. The van der Waals surface area contributed by atoms with E-state index in [9.17, 15) is 9.59 Å². The predicted molar refractivity (Wildman–Crippen MR) is 100 cm³/mol. The zero-order valence-electron chi connectivity index (χ0n) is 15.1. The van der Waals surface area contributed by atoms with Crippen LogP contribution in [0.4, 0.5) is 11.4 Å². The number of nitrogens with zero attached hydrogens (tertiary/aromatic N) is 1. The summed E-state index contributed by atoms with van der Waals surface area (Å²) >= 11 is 0. The summed E-state index contributed by atoms with van der Waals surface area (Å²) in [6.07, 6.45) is -0.00695. The van der Waals surface area contributed by atoms with Crippen LogP contribution in [0.5, 0.6) is 5.75 Å². The Balaban J connectivity index is 2.01. The lowest BCUT2D eigenvalue weighted by Crippen LogP contribution is -2.32. The third-order valence-electron chi connectivity index (χ3n) is 3.96. The van der Waals surface area contributed by atoms with Gasteiger partial charge in [-0.15, -0.1) is 0 Å². The number of rotatable bonds is 6. The fourth-order valence-electron chi connectivity index (χ4n) is 2.28.